The summed E-state index contributed by atoms with van der Waals surface area (Å²) in [5, 5.41) is 14.2. The summed E-state index contributed by atoms with van der Waals surface area (Å²) in [7, 11) is 0. The molecule has 0 saturated heterocycles. The number of nitro groups is 1. The first kappa shape index (κ1) is 27.7. The molecular weight excluding hydrogens is 454 g/mol. The van der Waals surface area contributed by atoms with E-state index in [0.29, 0.717) is 23.4 Å². The Morgan fingerprint density at radius 2 is 1.86 bits per heavy atom. The van der Waals surface area contributed by atoms with Crippen molar-refractivity contribution in [3.8, 4) is 0 Å². The summed E-state index contributed by atoms with van der Waals surface area (Å²) in [6.45, 7) is 10.7. The molecule has 10 nitrogen and oxygen atoms in total. The maximum absolute atomic E-state index is 13.6. The number of allylic oxidation sites excluding steroid dienone is 1. The van der Waals surface area contributed by atoms with E-state index in [1.165, 1.54) is 18.2 Å². The smallest absolute Gasteiger partial charge is 0.328 e. The first-order valence-electron chi connectivity index (χ1n) is 11.7. The number of carbonyl (C=O) groups is 3. The number of carbonyl (C=O) groups excluding carboxylic acids is 3. The van der Waals surface area contributed by atoms with Crippen LogP contribution in [0, 0.1) is 22.0 Å². The Morgan fingerprint density at radius 1 is 1.17 bits per heavy atom. The molecule has 2 rings (SSSR count). The lowest BCUT2D eigenvalue weighted by Crippen LogP contribution is -2.48. The standard InChI is InChI=1S/C25H33N3O7/c1-7-12-35-24(30)20-16(6)26-15(5)19(21(20)17-10-9-11-18(13-17)28(32)33)23(29)27-22(14(3)4)25(31)34-8-2/h9-11,13-14,20-22H,7-8,12H2,1-6H3,(H,27,29)/t20?,21-,22+/m1/s1. The van der Waals surface area contributed by atoms with Gasteiger partial charge in [0.15, 0.2) is 0 Å². The fourth-order valence-electron chi connectivity index (χ4n) is 4.07. The largest absolute Gasteiger partial charge is 0.465 e. The van der Waals surface area contributed by atoms with Crippen molar-refractivity contribution < 1.29 is 28.8 Å². The number of aliphatic imine (C=N–C) groups is 1. The van der Waals surface area contributed by atoms with Gasteiger partial charge in [-0.3, -0.25) is 24.7 Å². The van der Waals surface area contributed by atoms with Crippen LogP contribution in [0.1, 0.15) is 59.4 Å². The Balaban J connectivity index is 2.62. The number of esters is 2. The number of rotatable bonds is 10. The zero-order valence-corrected chi connectivity index (χ0v) is 21.0. The third kappa shape index (κ3) is 6.52. The Morgan fingerprint density at radius 3 is 2.43 bits per heavy atom. The van der Waals surface area contributed by atoms with Gasteiger partial charge < -0.3 is 14.8 Å². The topological polar surface area (TPSA) is 137 Å². The fraction of sp³-hybridized carbons (Fsp3) is 0.520. The van der Waals surface area contributed by atoms with E-state index >= 15 is 0 Å². The third-order valence-corrected chi connectivity index (χ3v) is 5.71. The van der Waals surface area contributed by atoms with Crippen molar-refractivity contribution in [2.45, 2.75) is 59.9 Å². The number of nitrogens with one attached hydrogen (secondary N) is 1. The van der Waals surface area contributed by atoms with Crippen LogP contribution in [0.4, 0.5) is 5.69 Å². The average Bonchev–Trinajstić information content (AvgIpc) is 2.80. The highest BCUT2D eigenvalue weighted by molar-refractivity contribution is 6.08. The quantitative estimate of drug-likeness (QED) is 0.302. The normalized spacial score (nSPS) is 18.5. The number of non-ortho nitro benzene ring substituents is 1. The van der Waals surface area contributed by atoms with Gasteiger partial charge in [0, 0.05) is 35.0 Å². The van der Waals surface area contributed by atoms with E-state index in [9.17, 15) is 24.5 Å². The van der Waals surface area contributed by atoms with E-state index in [2.05, 4.69) is 10.3 Å². The van der Waals surface area contributed by atoms with Crippen LogP contribution in [0.25, 0.3) is 0 Å². The van der Waals surface area contributed by atoms with Crippen LogP contribution in [0.2, 0.25) is 0 Å². The molecule has 1 aromatic rings. The zero-order chi connectivity index (χ0) is 26.3. The number of nitro benzene ring substituents is 1. The summed E-state index contributed by atoms with van der Waals surface area (Å²) in [5.41, 5.74) is 1.15. The van der Waals surface area contributed by atoms with Gasteiger partial charge in [0.05, 0.1) is 18.1 Å². The van der Waals surface area contributed by atoms with E-state index in [1.807, 2.05) is 6.92 Å². The molecule has 0 saturated carbocycles. The Bertz CT molecular complexity index is 1050. The Kier molecular flexibility index (Phi) is 9.68. The van der Waals surface area contributed by atoms with Crippen LogP contribution in [-0.2, 0) is 23.9 Å². The predicted octanol–water partition coefficient (Wildman–Crippen LogP) is 3.70. The SMILES string of the molecule is CCCOC(=O)C1C(C)=NC(C)=C(C(=O)N[C@H](C(=O)OCC)C(C)C)[C@H]1c1cccc([N+](=O)[O-])c1. The van der Waals surface area contributed by atoms with Crippen LogP contribution >= 0.6 is 0 Å². The molecule has 1 aliphatic rings. The second-order valence-electron chi connectivity index (χ2n) is 8.67. The zero-order valence-electron chi connectivity index (χ0n) is 21.0. The number of ether oxygens (including phenoxy) is 2. The molecule has 0 aliphatic carbocycles. The first-order valence-corrected chi connectivity index (χ1v) is 11.7. The lowest BCUT2D eigenvalue weighted by molar-refractivity contribution is -0.384. The van der Waals surface area contributed by atoms with Crippen molar-refractivity contribution >= 4 is 29.2 Å². The van der Waals surface area contributed by atoms with Gasteiger partial charge >= 0.3 is 11.9 Å². The van der Waals surface area contributed by atoms with Gasteiger partial charge in [0.25, 0.3) is 5.69 Å². The van der Waals surface area contributed by atoms with Crippen molar-refractivity contribution in [3.63, 3.8) is 0 Å². The van der Waals surface area contributed by atoms with Crippen LogP contribution in [0.3, 0.4) is 0 Å². The molecule has 10 heteroatoms. The highest BCUT2D eigenvalue weighted by Crippen LogP contribution is 2.40. The number of benzene rings is 1. The molecular formula is C25H33N3O7. The average molecular weight is 488 g/mol. The fourth-order valence-corrected chi connectivity index (χ4v) is 4.07. The molecule has 1 aliphatic heterocycles. The van der Waals surface area contributed by atoms with E-state index in [-0.39, 0.29) is 30.4 Å². The molecule has 0 bridgehead atoms. The van der Waals surface area contributed by atoms with Gasteiger partial charge in [-0.25, -0.2) is 4.79 Å². The summed E-state index contributed by atoms with van der Waals surface area (Å²) in [6.07, 6.45) is 0.605. The van der Waals surface area contributed by atoms with Crippen LogP contribution in [0.15, 0.2) is 40.5 Å². The summed E-state index contributed by atoms with van der Waals surface area (Å²) in [5.74, 6) is -3.88. The molecule has 190 valence electrons. The maximum atomic E-state index is 13.6. The van der Waals surface area contributed by atoms with Crippen molar-refractivity contribution in [1.82, 2.24) is 5.32 Å². The summed E-state index contributed by atoms with van der Waals surface area (Å²) >= 11 is 0. The van der Waals surface area contributed by atoms with Gasteiger partial charge in [0.2, 0.25) is 5.91 Å². The number of hydrogen-bond donors (Lipinski definition) is 1. The summed E-state index contributed by atoms with van der Waals surface area (Å²) in [6, 6.07) is 4.88. The van der Waals surface area contributed by atoms with Crippen molar-refractivity contribution in [2.75, 3.05) is 13.2 Å². The lowest BCUT2D eigenvalue weighted by Gasteiger charge is -2.33. The lowest BCUT2D eigenvalue weighted by atomic mass is 9.75. The molecule has 1 aromatic carbocycles. The molecule has 1 unspecified atom stereocenters. The molecule has 0 fully saturated rings. The van der Waals surface area contributed by atoms with Crippen molar-refractivity contribution in [3.05, 3.63) is 51.2 Å². The summed E-state index contributed by atoms with van der Waals surface area (Å²) in [4.78, 5) is 54.5. The third-order valence-electron chi connectivity index (χ3n) is 5.71. The molecule has 0 spiro atoms. The van der Waals surface area contributed by atoms with Crippen LogP contribution in [-0.4, -0.2) is 47.7 Å². The highest BCUT2D eigenvalue weighted by Gasteiger charge is 2.43. The second kappa shape index (κ2) is 12.2. The van der Waals surface area contributed by atoms with Gasteiger partial charge in [-0.1, -0.05) is 32.9 Å². The minimum Gasteiger partial charge on any atom is -0.465 e. The van der Waals surface area contributed by atoms with Crippen LogP contribution in [0.5, 0.6) is 0 Å². The van der Waals surface area contributed by atoms with E-state index in [1.54, 1.807) is 40.7 Å². The van der Waals surface area contributed by atoms with Crippen molar-refractivity contribution in [2.24, 2.45) is 16.8 Å². The van der Waals surface area contributed by atoms with Gasteiger partial charge in [-0.05, 0) is 38.7 Å². The monoisotopic (exact) mass is 487 g/mol. The predicted molar refractivity (Wildman–Crippen MR) is 130 cm³/mol. The minimum atomic E-state index is -0.965. The Labute approximate surface area is 204 Å². The number of amides is 1. The van der Waals surface area contributed by atoms with Gasteiger partial charge in [-0.15, -0.1) is 0 Å². The molecule has 1 amide bonds. The first-order chi connectivity index (χ1) is 16.5. The summed E-state index contributed by atoms with van der Waals surface area (Å²) < 4.78 is 10.5. The molecule has 3 atom stereocenters. The van der Waals surface area contributed by atoms with E-state index < -0.39 is 40.6 Å². The maximum Gasteiger partial charge on any atom is 0.328 e. The number of nitrogens with zero attached hydrogens (tertiary/aromatic N) is 2. The molecule has 0 aromatic heterocycles. The van der Waals surface area contributed by atoms with Crippen LogP contribution < -0.4 is 5.32 Å². The molecule has 1 heterocycles. The van der Waals surface area contributed by atoms with Gasteiger partial charge in [-0.2, -0.15) is 0 Å². The molecule has 35 heavy (non-hydrogen) atoms. The molecule has 0 radical (unpaired) electrons. The highest BCUT2D eigenvalue weighted by atomic mass is 16.6. The van der Waals surface area contributed by atoms with E-state index in [4.69, 9.17) is 9.47 Å². The van der Waals surface area contributed by atoms with Crippen molar-refractivity contribution in [1.29, 1.82) is 0 Å². The minimum absolute atomic E-state index is 0.143. The second-order valence-corrected chi connectivity index (χ2v) is 8.67. The van der Waals surface area contributed by atoms with Gasteiger partial charge in [0.1, 0.15) is 12.0 Å². The number of hydrogen-bond acceptors (Lipinski definition) is 8. The molecule has 1 N–H and O–H groups in total. The Hall–Kier alpha value is -3.56. The van der Waals surface area contributed by atoms with E-state index in [0.717, 1.165) is 0 Å².